The highest BCUT2D eigenvalue weighted by atomic mass is 127. The zero-order valence-corrected chi connectivity index (χ0v) is 19.5. The summed E-state index contributed by atoms with van der Waals surface area (Å²) in [6, 6.07) is 14.0. The summed E-state index contributed by atoms with van der Waals surface area (Å²) in [4.78, 5) is 4.64. The number of hydrogen-bond donors (Lipinski definition) is 2. The van der Waals surface area contributed by atoms with E-state index in [1.54, 1.807) is 0 Å². The van der Waals surface area contributed by atoms with Gasteiger partial charge in [0, 0.05) is 25.7 Å². The number of guanidine groups is 1. The van der Waals surface area contributed by atoms with Crippen LogP contribution < -0.4 is 15.4 Å². The van der Waals surface area contributed by atoms with E-state index in [0.29, 0.717) is 13.1 Å². The SMILES string of the molecule is CCNC(=NCC(C)Oc1cccc(C)c1)NCCc1nnc2ccccn12.I. The molecule has 0 spiro atoms. The van der Waals surface area contributed by atoms with Gasteiger partial charge in [-0.25, -0.2) is 4.99 Å². The number of aromatic nitrogens is 3. The van der Waals surface area contributed by atoms with E-state index in [9.17, 15) is 0 Å². The van der Waals surface area contributed by atoms with Gasteiger partial charge in [-0.1, -0.05) is 18.2 Å². The zero-order valence-electron chi connectivity index (χ0n) is 17.1. The van der Waals surface area contributed by atoms with Crippen molar-refractivity contribution in [2.75, 3.05) is 19.6 Å². The highest BCUT2D eigenvalue weighted by Crippen LogP contribution is 2.14. The molecule has 2 aromatic heterocycles. The molecule has 29 heavy (non-hydrogen) atoms. The lowest BCUT2D eigenvalue weighted by Gasteiger charge is -2.15. The Balaban J connectivity index is 0.00000300. The third-order valence-electron chi connectivity index (χ3n) is 4.20. The number of nitrogens with zero attached hydrogens (tertiary/aromatic N) is 4. The topological polar surface area (TPSA) is 75.8 Å². The third kappa shape index (κ3) is 6.88. The van der Waals surface area contributed by atoms with E-state index in [4.69, 9.17) is 4.74 Å². The number of hydrogen-bond acceptors (Lipinski definition) is 4. The average Bonchev–Trinajstić information content (AvgIpc) is 3.09. The Bertz CT molecular complexity index is 926. The molecule has 0 radical (unpaired) electrons. The second-order valence-corrected chi connectivity index (χ2v) is 6.69. The molecule has 1 unspecified atom stereocenters. The van der Waals surface area contributed by atoms with Gasteiger partial charge in [0.05, 0.1) is 6.54 Å². The molecule has 0 aliphatic heterocycles. The van der Waals surface area contributed by atoms with Gasteiger partial charge >= 0.3 is 0 Å². The third-order valence-corrected chi connectivity index (χ3v) is 4.20. The first-order valence-corrected chi connectivity index (χ1v) is 9.70. The molecule has 0 saturated heterocycles. The predicted octanol–water partition coefficient (Wildman–Crippen LogP) is 3.22. The molecule has 8 heteroatoms. The van der Waals surface area contributed by atoms with Crippen molar-refractivity contribution in [3.63, 3.8) is 0 Å². The van der Waals surface area contributed by atoms with Crippen LogP contribution in [0.15, 0.2) is 53.7 Å². The lowest BCUT2D eigenvalue weighted by atomic mass is 10.2. The maximum atomic E-state index is 5.95. The molecule has 156 valence electrons. The van der Waals surface area contributed by atoms with Gasteiger partial charge < -0.3 is 15.4 Å². The molecule has 2 heterocycles. The van der Waals surface area contributed by atoms with Crippen LogP contribution in [0.5, 0.6) is 5.75 Å². The number of aryl methyl sites for hydroxylation is 1. The van der Waals surface area contributed by atoms with Crippen LogP contribution in [0.4, 0.5) is 0 Å². The molecular weight excluding hydrogens is 479 g/mol. The molecule has 0 bridgehead atoms. The molecule has 0 aliphatic carbocycles. The van der Waals surface area contributed by atoms with Crippen LogP contribution in [0.2, 0.25) is 0 Å². The molecule has 7 nitrogen and oxygen atoms in total. The molecule has 3 aromatic rings. The van der Waals surface area contributed by atoms with Crippen molar-refractivity contribution in [2.24, 2.45) is 4.99 Å². The number of halogens is 1. The van der Waals surface area contributed by atoms with E-state index in [2.05, 4.69) is 45.7 Å². The number of rotatable bonds is 8. The summed E-state index contributed by atoms with van der Waals surface area (Å²) in [6.07, 6.45) is 2.72. The predicted molar refractivity (Wildman–Crippen MR) is 127 cm³/mol. The van der Waals surface area contributed by atoms with Gasteiger partial charge in [-0.2, -0.15) is 0 Å². The fourth-order valence-electron chi connectivity index (χ4n) is 2.87. The van der Waals surface area contributed by atoms with E-state index in [-0.39, 0.29) is 30.1 Å². The van der Waals surface area contributed by atoms with E-state index < -0.39 is 0 Å². The first-order valence-electron chi connectivity index (χ1n) is 9.70. The summed E-state index contributed by atoms with van der Waals surface area (Å²) in [7, 11) is 0. The van der Waals surface area contributed by atoms with Crippen molar-refractivity contribution < 1.29 is 4.74 Å². The van der Waals surface area contributed by atoms with Crippen molar-refractivity contribution in [2.45, 2.75) is 33.3 Å². The number of aliphatic imine (C=N–C) groups is 1. The first-order chi connectivity index (χ1) is 13.7. The van der Waals surface area contributed by atoms with Crippen LogP contribution in [0, 0.1) is 6.92 Å². The number of nitrogens with one attached hydrogen (secondary N) is 2. The lowest BCUT2D eigenvalue weighted by Crippen LogP contribution is -2.39. The minimum Gasteiger partial charge on any atom is -0.489 e. The van der Waals surface area contributed by atoms with E-state index >= 15 is 0 Å². The Hall–Kier alpha value is -2.36. The van der Waals surface area contributed by atoms with Crippen LogP contribution in [0.1, 0.15) is 25.2 Å². The zero-order chi connectivity index (χ0) is 19.8. The first kappa shape index (κ1) is 22.9. The Labute approximate surface area is 189 Å². The van der Waals surface area contributed by atoms with Crippen LogP contribution in [0.25, 0.3) is 5.65 Å². The Kier molecular flexibility index (Phi) is 9.17. The molecule has 1 aromatic carbocycles. The fraction of sp³-hybridized carbons (Fsp3) is 0.381. The quantitative estimate of drug-likeness (QED) is 0.278. The number of pyridine rings is 1. The van der Waals surface area contributed by atoms with Gasteiger partial charge in [0.25, 0.3) is 0 Å². The summed E-state index contributed by atoms with van der Waals surface area (Å²) < 4.78 is 7.95. The second-order valence-electron chi connectivity index (χ2n) is 6.69. The molecule has 2 N–H and O–H groups in total. The molecule has 0 amide bonds. The van der Waals surface area contributed by atoms with Crippen molar-refractivity contribution in [1.82, 2.24) is 25.2 Å². The van der Waals surface area contributed by atoms with Crippen LogP contribution >= 0.6 is 24.0 Å². The molecule has 1 atom stereocenters. The summed E-state index contributed by atoms with van der Waals surface area (Å²) in [5.41, 5.74) is 2.05. The number of ether oxygens (including phenoxy) is 1. The maximum absolute atomic E-state index is 5.95. The van der Waals surface area contributed by atoms with Crippen LogP contribution in [0.3, 0.4) is 0 Å². The van der Waals surface area contributed by atoms with Crippen molar-refractivity contribution >= 4 is 35.6 Å². The summed E-state index contributed by atoms with van der Waals surface area (Å²) in [6.45, 7) is 8.22. The minimum absolute atomic E-state index is 0. The molecule has 0 fully saturated rings. The average molecular weight is 508 g/mol. The lowest BCUT2D eigenvalue weighted by molar-refractivity contribution is 0.230. The Morgan fingerprint density at radius 3 is 2.83 bits per heavy atom. The molecule has 3 rings (SSSR count). The maximum Gasteiger partial charge on any atom is 0.191 e. The molecule has 0 aliphatic rings. The summed E-state index contributed by atoms with van der Waals surface area (Å²) in [5, 5.41) is 15.1. The van der Waals surface area contributed by atoms with Gasteiger partial charge in [0.1, 0.15) is 17.7 Å². The van der Waals surface area contributed by atoms with Gasteiger partial charge in [-0.15, -0.1) is 34.2 Å². The normalized spacial score (nSPS) is 12.3. The van der Waals surface area contributed by atoms with Gasteiger partial charge in [-0.05, 0) is 50.6 Å². The van der Waals surface area contributed by atoms with Crippen LogP contribution in [-0.2, 0) is 6.42 Å². The number of benzene rings is 1. The summed E-state index contributed by atoms with van der Waals surface area (Å²) >= 11 is 0. The highest BCUT2D eigenvalue weighted by Gasteiger charge is 2.07. The van der Waals surface area contributed by atoms with E-state index in [0.717, 1.165) is 36.1 Å². The van der Waals surface area contributed by atoms with Crippen LogP contribution in [-0.4, -0.2) is 46.3 Å². The minimum atomic E-state index is -0.0160. The summed E-state index contributed by atoms with van der Waals surface area (Å²) in [5.74, 6) is 2.57. The van der Waals surface area contributed by atoms with E-state index in [1.165, 1.54) is 5.56 Å². The number of fused-ring (bicyclic) bond motifs is 1. The smallest absolute Gasteiger partial charge is 0.191 e. The highest BCUT2D eigenvalue weighted by molar-refractivity contribution is 14.0. The molecule has 0 saturated carbocycles. The fourth-order valence-corrected chi connectivity index (χ4v) is 2.87. The van der Waals surface area contributed by atoms with Gasteiger partial charge in [0.2, 0.25) is 0 Å². The second kappa shape index (κ2) is 11.6. The molecular formula is C21H29IN6O. The van der Waals surface area contributed by atoms with Gasteiger partial charge in [-0.3, -0.25) is 4.40 Å². The largest absolute Gasteiger partial charge is 0.489 e. The van der Waals surface area contributed by atoms with E-state index in [1.807, 2.05) is 53.9 Å². The Morgan fingerprint density at radius 1 is 1.17 bits per heavy atom. The standard InChI is InChI=1S/C21H28N6O.HI/c1-4-22-21(24-15-17(3)28-18-9-7-8-16(2)14-18)23-12-11-20-26-25-19-10-5-6-13-27(19)20;/h5-10,13-14,17H,4,11-12,15H2,1-3H3,(H2,22,23,24);1H. The van der Waals surface area contributed by atoms with Gasteiger partial charge in [0.15, 0.2) is 11.6 Å². The van der Waals surface area contributed by atoms with Crippen molar-refractivity contribution in [3.8, 4) is 5.75 Å². The monoisotopic (exact) mass is 508 g/mol. The van der Waals surface area contributed by atoms with Crippen molar-refractivity contribution in [1.29, 1.82) is 0 Å². The van der Waals surface area contributed by atoms with Crippen molar-refractivity contribution in [3.05, 3.63) is 60.0 Å². The Morgan fingerprint density at radius 2 is 2.03 bits per heavy atom.